The minimum absolute atomic E-state index is 0.0414. The number of nitrogens with zero attached hydrogens (tertiary/aromatic N) is 2. The maximum atomic E-state index is 13.0. The third-order valence-corrected chi connectivity index (χ3v) is 7.72. The van der Waals surface area contributed by atoms with Crippen molar-refractivity contribution in [1.82, 2.24) is 9.21 Å². The van der Waals surface area contributed by atoms with Gasteiger partial charge in [-0.05, 0) is 43.9 Å². The fourth-order valence-electron chi connectivity index (χ4n) is 4.08. The number of rotatable bonds is 6. The van der Waals surface area contributed by atoms with Crippen molar-refractivity contribution >= 4 is 27.5 Å². The number of sulfonamides is 1. The van der Waals surface area contributed by atoms with Gasteiger partial charge in [0.25, 0.3) is 0 Å². The monoisotopic (exact) mass is 437 g/mol. The van der Waals surface area contributed by atoms with Crippen LogP contribution in [0.2, 0.25) is 0 Å². The van der Waals surface area contributed by atoms with E-state index in [0.717, 1.165) is 25.7 Å². The first-order valence-corrected chi connectivity index (χ1v) is 12.1. The largest absolute Gasteiger partial charge is 0.495 e. The molecule has 1 N–H and O–H groups in total. The predicted octanol–water partition coefficient (Wildman–Crippen LogP) is 2.46. The summed E-state index contributed by atoms with van der Waals surface area (Å²) in [7, 11) is -2.14. The van der Waals surface area contributed by atoms with Crippen LogP contribution < -0.4 is 10.1 Å². The Morgan fingerprint density at radius 3 is 2.53 bits per heavy atom. The molecule has 166 valence electrons. The Balaban J connectivity index is 1.78. The predicted molar refractivity (Wildman–Crippen MR) is 114 cm³/mol. The zero-order valence-electron chi connectivity index (χ0n) is 17.7. The van der Waals surface area contributed by atoms with Crippen molar-refractivity contribution in [1.29, 1.82) is 0 Å². The Morgan fingerprint density at radius 2 is 1.87 bits per heavy atom. The number of anilines is 1. The van der Waals surface area contributed by atoms with E-state index < -0.39 is 10.0 Å². The lowest BCUT2D eigenvalue weighted by Gasteiger charge is -2.32. The first kappa shape index (κ1) is 22.6. The number of hydrogen-bond donors (Lipinski definition) is 1. The van der Waals surface area contributed by atoms with Crippen LogP contribution in [-0.2, 0) is 19.6 Å². The van der Waals surface area contributed by atoms with Crippen molar-refractivity contribution in [3.05, 3.63) is 18.2 Å². The van der Waals surface area contributed by atoms with E-state index in [1.807, 2.05) is 6.92 Å². The molecule has 2 fully saturated rings. The lowest BCUT2D eigenvalue weighted by molar-refractivity contribution is -0.134. The molecular formula is C21H31N3O5S. The molecule has 8 nitrogen and oxygen atoms in total. The van der Waals surface area contributed by atoms with Crippen LogP contribution in [0.25, 0.3) is 0 Å². The van der Waals surface area contributed by atoms with Crippen LogP contribution in [0.1, 0.15) is 45.4 Å². The van der Waals surface area contributed by atoms with E-state index in [0.29, 0.717) is 50.5 Å². The normalized spacial score (nSPS) is 20.6. The number of nitrogens with one attached hydrogen (secondary N) is 1. The highest BCUT2D eigenvalue weighted by Crippen LogP contribution is 2.31. The first-order chi connectivity index (χ1) is 14.4. The molecule has 0 spiro atoms. The molecule has 0 aromatic heterocycles. The second-order valence-electron chi connectivity index (χ2n) is 7.85. The van der Waals surface area contributed by atoms with E-state index in [-0.39, 0.29) is 22.6 Å². The molecule has 2 heterocycles. The summed E-state index contributed by atoms with van der Waals surface area (Å²) >= 11 is 0. The van der Waals surface area contributed by atoms with Gasteiger partial charge in [-0.15, -0.1) is 0 Å². The third kappa shape index (κ3) is 4.95. The number of likely N-dealkylation sites (tertiary alicyclic amines) is 1. The van der Waals surface area contributed by atoms with Gasteiger partial charge >= 0.3 is 0 Å². The minimum atomic E-state index is -3.62. The van der Waals surface area contributed by atoms with Crippen LogP contribution in [0.5, 0.6) is 5.75 Å². The quantitative estimate of drug-likeness (QED) is 0.738. The van der Waals surface area contributed by atoms with Crippen molar-refractivity contribution in [3.8, 4) is 5.75 Å². The Bertz CT molecular complexity index is 881. The summed E-state index contributed by atoms with van der Waals surface area (Å²) in [4.78, 5) is 26.8. The van der Waals surface area contributed by atoms with Crippen LogP contribution in [0.3, 0.4) is 0 Å². The number of carbonyl (C=O) groups excluding carboxylic acids is 2. The van der Waals surface area contributed by atoms with E-state index in [1.54, 1.807) is 11.0 Å². The van der Waals surface area contributed by atoms with E-state index in [4.69, 9.17) is 4.74 Å². The highest BCUT2D eigenvalue weighted by molar-refractivity contribution is 7.89. The van der Waals surface area contributed by atoms with Gasteiger partial charge in [-0.1, -0.05) is 13.3 Å². The van der Waals surface area contributed by atoms with Crippen LogP contribution >= 0.6 is 0 Å². The summed E-state index contributed by atoms with van der Waals surface area (Å²) in [5.41, 5.74) is 0.333. The molecule has 0 unspecified atom stereocenters. The molecule has 1 aromatic carbocycles. The van der Waals surface area contributed by atoms with E-state index in [9.17, 15) is 18.0 Å². The number of ether oxygens (including phenoxy) is 1. The van der Waals surface area contributed by atoms with Gasteiger partial charge in [0.1, 0.15) is 5.75 Å². The van der Waals surface area contributed by atoms with E-state index in [2.05, 4.69) is 5.32 Å². The highest BCUT2D eigenvalue weighted by Gasteiger charge is 2.30. The van der Waals surface area contributed by atoms with Crippen LogP contribution in [-0.4, -0.2) is 62.7 Å². The average molecular weight is 438 g/mol. The lowest BCUT2D eigenvalue weighted by Crippen LogP contribution is -2.43. The zero-order chi connectivity index (χ0) is 21.7. The lowest BCUT2D eigenvalue weighted by atomic mass is 9.96. The Kier molecular flexibility index (Phi) is 7.36. The van der Waals surface area contributed by atoms with Gasteiger partial charge in [0.05, 0.1) is 23.6 Å². The van der Waals surface area contributed by atoms with Crippen LogP contribution in [0.4, 0.5) is 5.69 Å². The average Bonchev–Trinajstić information content (AvgIpc) is 2.79. The van der Waals surface area contributed by atoms with Gasteiger partial charge in [0.15, 0.2) is 0 Å². The third-order valence-electron chi connectivity index (χ3n) is 5.83. The smallest absolute Gasteiger partial charge is 0.243 e. The summed E-state index contributed by atoms with van der Waals surface area (Å²) < 4.78 is 32.8. The molecule has 1 aromatic rings. The molecule has 0 radical (unpaired) electrons. The van der Waals surface area contributed by atoms with Crippen LogP contribution in [0.15, 0.2) is 23.1 Å². The Labute approximate surface area is 178 Å². The maximum Gasteiger partial charge on any atom is 0.243 e. The summed E-state index contributed by atoms with van der Waals surface area (Å²) in [6, 6.07) is 4.55. The van der Waals surface area contributed by atoms with Gasteiger partial charge in [-0.25, -0.2) is 8.42 Å². The number of benzene rings is 1. The number of methoxy groups -OCH3 is 1. The molecule has 2 amide bonds. The number of piperidine rings is 2. The van der Waals surface area contributed by atoms with Gasteiger partial charge in [0, 0.05) is 32.6 Å². The van der Waals surface area contributed by atoms with E-state index >= 15 is 0 Å². The van der Waals surface area contributed by atoms with Gasteiger partial charge < -0.3 is 15.0 Å². The van der Waals surface area contributed by atoms with Gasteiger partial charge in [-0.2, -0.15) is 4.31 Å². The topological polar surface area (TPSA) is 96.0 Å². The molecule has 2 aliphatic heterocycles. The van der Waals surface area contributed by atoms with Crippen molar-refractivity contribution in [2.24, 2.45) is 5.92 Å². The Morgan fingerprint density at radius 1 is 1.13 bits per heavy atom. The van der Waals surface area contributed by atoms with Crippen molar-refractivity contribution < 1.29 is 22.7 Å². The summed E-state index contributed by atoms with van der Waals surface area (Å²) in [5, 5.41) is 2.84. The Hall–Kier alpha value is -2.13. The molecule has 2 saturated heterocycles. The standard InChI is InChI=1S/C21H31N3O5S/c1-3-20(25)23-11-7-8-16(15-23)21(26)22-18-14-17(9-10-19(18)29-2)30(27,28)24-12-5-4-6-13-24/h9-10,14,16H,3-8,11-13,15H2,1-2H3,(H,22,26)/t16-/m0/s1. The molecule has 2 aliphatic rings. The molecular weight excluding hydrogens is 406 g/mol. The summed E-state index contributed by atoms with van der Waals surface area (Å²) in [6.07, 6.45) is 4.62. The molecule has 0 bridgehead atoms. The fraction of sp³-hybridized carbons (Fsp3) is 0.619. The second kappa shape index (κ2) is 9.78. The summed E-state index contributed by atoms with van der Waals surface area (Å²) in [6.45, 7) is 3.89. The number of carbonyl (C=O) groups is 2. The SMILES string of the molecule is CCC(=O)N1CCC[C@H](C(=O)Nc2cc(S(=O)(=O)N3CCCCC3)ccc2OC)C1. The fourth-order valence-corrected chi connectivity index (χ4v) is 5.62. The highest BCUT2D eigenvalue weighted by atomic mass is 32.2. The van der Waals surface area contributed by atoms with E-state index in [1.165, 1.54) is 23.5 Å². The molecule has 1 atom stereocenters. The number of amides is 2. The van der Waals surface area contributed by atoms with Gasteiger partial charge in [0.2, 0.25) is 21.8 Å². The van der Waals surface area contributed by atoms with Crippen molar-refractivity contribution in [2.45, 2.75) is 50.3 Å². The van der Waals surface area contributed by atoms with Crippen molar-refractivity contribution in [3.63, 3.8) is 0 Å². The second-order valence-corrected chi connectivity index (χ2v) is 9.79. The minimum Gasteiger partial charge on any atom is -0.495 e. The van der Waals surface area contributed by atoms with Crippen molar-refractivity contribution in [2.75, 3.05) is 38.6 Å². The molecule has 3 rings (SSSR count). The zero-order valence-corrected chi connectivity index (χ0v) is 18.5. The maximum absolute atomic E-state index is 13.0. The number of hydrogen-bond acceptors (Lipinski definition) is 5. The summed E-state index contributed by atoms with van der Waals surface area (Å²) in [5.74, 6) is -0.117. The van der Waals surface area contributed by atoms with Gasteiger partial charge in [-0.3, -0.25) is 9.59 Å². The molecule has 9 heteroatoms. The van der Waals surface area contributed by atoms with Crippen LogP contribution in [0, 0.1) is 5.92 Å². The molecule has 0 saturated carbocycles. The molecule has 30 heavy (non-hydrogen) atoms. The first-order valence-electron chi connectivity index (χ1n) is 10.6. The molecule has 0 aliphatic carbocycles.